The van der Waals surface area contributed by atoms with Crippen LogP contribution in [0.2, 0.25) is 0 Å². The molecule has 0 fully saturated rings. The Morgan fingerprint density at radius 2 is 1.50 bits per heavy atom. The second-order valence-corrected chi connectivity index (χ2v) is 20.2. The normalized spacial score (nSPS) is 18.3. The van der Waals surface area contributed by atoms with E-state index in [1.165, 1.54) is 0 Å². The number of nitrogens with one attached hydrogen (secondary N) is 1. The van der Waals surface area contributed by atoms with Gasteiger partial charge in [0.2, 0.25) is 5.91 Å². The van der Waals surface area contributed by atoms with Gasteiger partial charge >= 0.3 is 17.9 Å². The lowest BCUT2D eigenvalue weighted by molar-refractivity contribution is -0.144. The highest BCUT2D eigenvalue weighted by Gasteiger charge is 2.36. The molecular formula is C43H71N3O12S2. The van der Waals surface area contributed by atoms with Gasteiger partial charge in [-0.1, -0.05) is 59.8 Å². The van der Waals surface area contributed by atoms with E-state index in [2.05, 4.69) is 39.9 Å². The molecule has 2 rings (SSSR count). The summed E-state index contributed by atoms with van der Waals surface area (Å²) in [5, 5.41) is 20.6. The van der Waals surface area contributed by atoms with E-state index in [9.17, 15) is 32.4 Å². The average Bonchev–Trinajstić information content (AvgIpc) is 3.15. The van der Waals surface area contributed by atoms with Crippen molar-refractivity contribution in [2.45, 2.75) is 150 Å². The first-order valence-corrected chi connectivity index (χ1v) is 24.0. The molecule has 342 valence electrons. The lowest BCUT2D eigenvalue weighted by Gasteiger charge is -2.38. The Morgan fingerprint density at radius 1 is 0.867 bits per heavy atom. The van der Waals surface area contributed by atoms with Crippen LogP contribution in [0.1, 0.15) is 128 Å². The summed E-state index contributed by atoms with van der Waals surface area (Å²) in [5.74, 6) is -4.23. The Labute approximate surface area is 361 Å². The summed E-state index contributed by atoms with van der Waals surface area (Å²) in [6.07, 6.45) is 9.35. The molecule has 0 saturated heterocycles. The van der Waals surface area contributed by atoms with Crippen LogP contribution in [0.15, 0.2) is 0 Å². The van der Waals surface area contributed by atoms with Crippen LogP contribution in [0.4, 0.5) is 0 Å². The first-order chi connectivity index (χ1) is 27.9. The second kappa shape index (κ2) is 24.4. The van der Waals surface area contributed by atoms with Crippen molar-refractivity contribution in [2.24, 2.45) is 41.1 Å². The number of esters is 1. The van der Waals surface area contributed by atoms with Gasteiger partial charge in [-0.3, -0.25) is 28.5 Å². The molecule has 7 atom stereocenters. The molecule has 1 aromatic rings. The number of amides is 1. The predicted molar refractivity (Wildman–Crippen MR) is 233 cm³/mol. The van der Waals surface area contributed by atoms with Gasteiger partial charge in [0.05, 0.1) is 5.75 Å². The number of hydrogen-bond acceptors (Lipinski definition) is 12. The molecule has 0 bridgehead atoms. The Kier molecular flexibility index (Phi) is 21.5. The highest BCUT2D eigenvalue weighted by Crippen LogP contribution is 2.45. The average molecular weight is 886 g/mol. The molecule has 0 radical (unpaired) electrons. The van der Waals surface area contributed by atoms with Crippen molar-refractivity contribution in [3.8, 4) is 11.5 Å². The fourth-order valence-corrected chi connectivity index (χ4v) is 9.10. The number of Topliss-reactive ketones (excluding diaryl/α,β-unsaturated/α-hetero) is 1. The van der Waals surface area contributed by atoms with Gasteiger partial charge in [-0.05, 0) is 101 Å². The van der Waals surface area contributed by atoms with Crippen molar-refractivity contribution in [3.63, 3.8) is 0 Å². The van der Waals surface area contributed by atoms with Crippen molar-refractivity contribution in [3.05, 3.63) is 22.3 Å². The summed E-state index contributed by atoms with van der Waals surface area (Å²) in [6.45, 7) is 15.9. The zero-order valence-electron chi connectivity index (χ0n) is 36.8. The van der Waals surface area contributed by atoms with Crippen molar-refractivity contribution < 1.29 is 56.6 Å². The van der Waals surface area contributed by atoms with Crippen LogP contribution in [0, 0.1) is 50.4 Å². The number of carbonyl (C=O) groups excluding carboxylic acids is 3. The van der Waals surface area contributed by atoms with Gasteiger partial charge in [-0.25, -0.2) is 0 Å². The van der Waals surface area contributed by atoms with Crippen LogP contribution in [0.25, 0.3) is 0 Å². The highest BCUT2D eigenvalue weighted by atomic mass is 32.2. The molecule has 1 aliphatic rings. The van der Waals surface area contributed by atoms with Gasteiger partial charge < -0.3 is 36.5 Å². The monoisotopic (exact) mass is 885 g/mol. The number of hydrogen-bond donors (Lipinski definition) is 6. The fraction of sp³-hybridized carbons (Fsp3) is 0.744. The summed E-state index contributed by atoms with van der Waals surface area (Å²) in [4.78, 5) is 62.2. The van der Waals surface area contributed by atoms with E-state index in [0.29, 0.717) is 35.1 Å². The van der Waals surface area contributed by atoms with E-state index < -0.39 is 69.8 Å². The zero-order chi connectivity index (χ0) is 45.5. The molecule has 0 saturated carbocycles. The minimum Gasteiger partial charge on any atom is -0.487 e. The lowest BCUT2D eigenvalue weighted by Crippen LogP contribution is -2.41. The smallest absolute Gasteiger partial charge is 0.324 e. The second-order valence-electron chi connectivity index (χ2n) is 17.5. The maximum atomic E-state index is 13.6. The highest BCUT2D eigenvalue weighted by molar-refractivity contribution is 7.99. The third kappa shape index (κ3) is 17.3. The third-order valence-corrected chi connectivity index (χ3v) is 13.7. The van der Waals surface area contributed by atoms with Gasteiger partial charge in [0.15, 0.2) is 0 Å². The van der Waals surface area contributed by atoms with E-state index in [4.69, 9.17) is 35.7 Å². The maximum absolute atomic E-state index is 13.6. The third-order valence-electron chi connectivity index (χ3n) is 11.9. The minimum atomic E-state index is -4.37. The molecule has 0 aliphatic carbocycles. The summed E-state index contributed by atoms with van der Waals surface area (Å²) < 4.78 is 44.1. The van der Waals surface area contributed by atoms with E-state index in [-0.39, 0.29) is 42.0 Å². The SMILES string of the molecule is Cc1c(C)c2c(c(C)c1OC(=O)C(CSC[C@H](N)C(=O)O)C(=O)NCCS(=O)(=O)O)CCC(C)(CCCC(C)CCCC(C)C(CCC(C)C)C(=O)CC[C@H](N)C(=O)O)O2. The number of benzene rings is 1. The number of carboxylic acid groups (broad SMARTS) is 2. The minimum absolute atomic E-state index is 0.0829. The van der Waals surface area contributed by atoms with Gasteiger partial charge in [-0.15, -0.1) is 0 Å². The molecular weight excluding hydrogens is 815 g/mol. The van der Waals surface area contributed by atoms with Crippen molar-refractivity contribution in [2.75, 3.05) is 23.8 Å². The molecule has 60 heavy (non-hydrogen) atoms. The molecule has 0 spiro atoms. The van der Waals surface area contributed by atoms with Crippen LogP contribution >= 0.6 is 11.8 Å². The van der Waals surface area contributed by atoms with Gasteiger partial charge in [-0.2, -0.15) is 20.2 Å². The predicted octanol–water partition coefficient (Wildman–Crippen LogP) is 5.79. The molecule has 0 aromatic heterocycles. The number of thioether (sulfide) groups is 1. The van der Waals surface area contributed by atoms with Gasteiger partial charge in [0.25, 0.3) is 10.1 Å². The first-order valence-electron chi connectivity index (χ1n) is 21.2. The summed E-state index contributed by atoms with van der Waals surface area (Å²) in [6, 6.07) is -2.25. The van der Waals surface area contributed by atoms with Crippen LogP contribution in [0.5, 0.6) is 11.5 Å². The molecule has 15 nitrogen and oxygen atoms in total. The fourth-order valence-electron chi connectivity index (χ4n) is 7.68. The Balaban J connectivity index is 2.05. The van der Waals surface area contributed by atoms with Crippen molar-refractivity contribution >= 4 is 51.5 Å². The molecule has 1 aliphatic heterocycles. The Hall–Kier alpha value is -3.25. The first kappa shape index (κ1) is 52.9. The summed E-state index contributed by atoms with van der Waals surface area (Å²) >= 11 is 0.974. The topological polar surface area (TPSA) is 263 Å². The van der Waals surface area contributed by atoms with E-state index >= 15 is 0 Å². The zero-order valence-corrected chi connectivity index (χ0v) is 38.5. The van der Waals surface area contributed by atoms with Crippen LogP contribution in [-0.2, 0) is 40.5 Å². The molecule has 1 aromatic carbocycles. The quantitative estimate of drug-likeness (QED) is 0.0252. The van der Waals surface area contributed by atoms with Crippen molar-refractivity contribution in [1.29, 1.82) is 0 Å². The summed E-state index contributed by atoms with van der Waals surface area (Å²) in [7, 11) is -4.37. The molecule has 1 heterocycles. The maximum Gasteiger partial charge on any atom is 0.324 e. The molecule has 1 amide bonds. The number of carbonyl (C=O) groups is 5. The van der Waals surface area contributed by atoms with Crippen LogP contribution in [-0.4, -0.2) is 94.3 Å². The molecule has 17 heteroatoms. The van der Waals surface area contributed by atoms with Crippen LogP contribution in [0.3, 0.4) is 0 Å². The Morgan fingerprint density at radius 3 is 2.10 bits per heavy atom. The number of aliphatic carboxylic acids is 2. The molecule has 8 N–H and O–H groups in total. The number of nitrogens with two attached hydrogens (primary N) is 2. The van der Waals surface area contributed by atoms with Gasteiger partial charge in [0.1, 0.15) is 40.9 Å². The standard InChI is InChI=1S/C43H71N3O12S2/c1-25(2)14-15-31(36(47)17-16-34(44)40(49)50)27(4)13-9-11-26(3)12-10-19-43(8)20-18-32-30(7)37(28(5)29(6)38(32)58-43)57-42(53)33(23-59-24-35(45)41(51)52)39(48)46-21-22-60(54,55)56/h25-27,31,33-35H,9-24,44-45H2,1-8H3,(H,46,48)(H,49,50)(H,51,52)(H,54,55,56)/t26?,27?,31?,33?,34-,35-,43?/m0/s1. The largest absolute Gasteiger partial charge is 0.487 e. The van der Waals surface area contributed by atoms with E-state index in [1.807, 2.05) is 20.8 Å². The summed E-state index contributed by atoms with van der Waals surface area (Å²) in [5.41, 5.74) is 13.9. The Bertz CT molecular complexity index is 1750. The van der Waals surface area contributed by atoms with Gasteiger partial charge in [0, 0.05) is 36.0 Å². The van der Waals surface area contributed by atoms with E-state index in [1.54, 1.807) is 0 Å². The van der Waals surface area contributed by atoms with E-state index in [0.717, 1.165) is 86.4 Å². The number of ketones is 1. The number of ether oxygens (including phenoxy) is 2. The number of rotatable bonds is 28. The number of fused-ring (bicyclic) bond motifs is 1. The lowest BCUT2D eigenvalue weighted by atomic mass is 9.79. The number of carboxylic acids is 2. The van der Waals surface area contributed by atoms with Crippen molar-refractivity contribution in [1.82, 2.24) is 5.32 Å². The van der Waals surface area contributed by atoms with Crippen LogP contribution < -0.4 is 26.3 Å². The molecule has 5 unspecified atom stereocenters.